The summed E-state index contributed by atoms with van der Waals surface area (Å²) in [5, 5.41) is 20.5. The minimum absolute atomic E-state index is 0.0217. The number of rotatable bonds is 4. The number of carboxylic acids is 1. The van der Waals surface area contributed by atoms with Crippen molar-refractivity contribution in [3.05, 3.63) is 0 Å². The molecule has 0 aliphatic heterocycles. The first kappa shape index (κ1) is 13.0. The molecule has 1 aromatic rings. The van der Waals surface area contributed by atoms with Crippen molar-refractivity contribution in [3.63, 3.8) is 0 Å². The number of nitrogens with zero attached hydrogens (tertiary/aromatic N) is 4. The first-order valence-corrected chi connectivity index (χ1v) is 5.93. The Kier molecular flexibility index (Phi) is 3.90. The fraction of sp³-hybridized carbons (Fsp3) is 0.778. The summed E-state index contributed by atoms with van der Waals surface area (Å²) in [6, 6.07) is 0.110. The van der Waals surface area contributed by atoms with E-state index in [0.29, 0.717) is 5.16 Å². The van der Waals surface area contributed by atoms with Gasteiger partial charge in [0.2, 0.25) is 5.16 Å². The molecule has 0 saturated carbocycles. The Bertz CT molecular complexity index is 372. The van der Waals surface area contributed by atoms with Gasteiger partial charge in [0.1, 0.15) is 0 Å². The van der Waals surface area contributed by atoms with Gasteiger partial charge in [0, 0.05) is 0 Å². The molecule has 0 aromatic carbocycles. The molecule has 1 unspecified atom stereocenters. The molecule has 1 aromatic heterocycles. The van der Waals surface area contributed by atoms with Crippen molar-refractivity contribution in [3.8, 4) is 0 Å². The molecule has 6 nitrogen and oxygen atoms in total. The molecule has 0 saturated heterocycles. The van der Waals surface area contributed by atoms with E-state index in [-0.39, 0.29) is 17.2 Å². The zero-order valence-electron chi connectivity index (χ0n) is 9.84. The van der Waals surface area contributed by atoms with E-state index < -0.39 is 5.97 Å². The zero-order valence-corrected chi connectivity index (χ0v) is 10.7. The molecule has 7 heteroatoms. The maximum Gasteiger partial charge on any atom is 0.313 e. The van der Waals surface area contributed by atoms with E-state index in [1.54, 1.807) is 4.68 Å². The van der Waals surface area contributed by atoms with E-state index in [9.17, 15) is 4.79 Å². The van der Waals surface area contributed by atoms with Crippen molar-refractivity contribution in [2.75, 3.05) is 5.75 Å². The molecule has 0 amide bonds. The number of carboxylic acid groups (broad SMARTS) is 1. The fourth-order valence-electron chi connectivity index (χ4n) is 1.02. The lowest BCUT2D eigenvalue weighted by Gasteiger charge is -2.27. The first-order chi connectivity index (χ1) is 7.32. The highest BCUT2D eigenvalue weighted by Crippen LogP contribution is 2.31. The van der Waals surface area contributed by atoms with Crippen molar-refractivity contribution in [1.82, 2.24) is 20.2 Å². The first-order valence-electron chi connectivity index (χ1n) is 4.95. The molecule has 1 N–H and O–H groups in total. The van der Waals surface area contributed by atoms with Crippen molar-refractivity contribution >= 4 is 17.7 Å². The highest BCUT2D eigenvalue weighted by molar-refractivity contribution is 7.99. The van der Waals surface area contributed by atoms with Gasteiger partial charge in [0.05, 0.1) is 11.8 Å². The van der Waals surface area contributed by atoms with Crippen LogP contribution in [0.1, 0.15) is 33.7 Å². The van der Waals surface area contributed by atoms with Crippen molar-refractivity contribution in [2.45, 2.75) is 38.9 Å². The van der Waals surface area contributed by atoms with E-state index in [4.69, 9.17) is 5.11 Å². The summed E-state index contributed by atoms with van der Waals surface area (Å²) < 4.78 is 1.67. The average Bonchev–Trinajstić information content (AvgIpc) is 2.59. The minimum Gasteiger partial charge on any atom is -0.481 e. The quantitative estimate of drug-likeness (QED) is 0.807. The summed E-state index contributed by atoms with van der Waals surface area (Å²) >= 11 is 1.13. The predicted molar refractivity (Wildman–Crippen MR) is 60.3 cm³/mol. The Labute approximate surface area is 98.4 Å². The van der Waals surface area contributed by atoms with Crippen molar-refractivity contribution in [2.24, 2.45) is 5.41 Å². The van der Waals surface area contributed by atoms with Gasteiger partial charge in [0.25, 0.3) is 0 Å². The van der Waals surface area contributed by atoms with Gasteiger partial charge in [-0.1, -0.05) is 32.5 Å². The van der Waals surface area contributed by atoms with Crippen LogP contribution in [-0.4, -0.2) is 37.0 Å². The minimum atomic E-state index is -0.872. The van der Waals surface area contributed by atoms with E-state index >= 15 is 0 Å². The lowest BCUT2D eigenvalue weighted by molar-refractivity contribution is -0.133. The number of hydrogen-bond acceptors (Lipinski definition) is 5. The molecular formula is C9H16N4O2S. The summed E-state index contributed by atoms with van der Waals surface area (Å²) in [6.07, 6.45) is 0. The summed E-state index contributed by atoms with van der Waals surface area (Å²) in [5.74, 6) is -0.903. The van der Waals surface area contributed by atoms with Crippen molar-refractivity contribution in [1.29, 1.82) is 0 Å². The molecule has 0 fully saturated rings. The number of aliphatic carboxylic acids is 1. The second-order valence-corrected chi connectivity index (χ2v) is 5.57. The van der Waals surface area contributed by atoms with Crippen LogP contribution >= 0.6 is 11.8 Å². The number of hydrogen-bond donors (Lipinski definition) is 1. The van der Waals surface area contributed by atoms with Crippen LogP contribution in [0.25, 0.3) is 0 Å². The van der Waals surface area contributed by atoms with Crippen molar-refractivity contribution < 1.29 is 9.90 Å². The van der Waals surface area contributed by atoms with Crippen LogP contribution < -0.4 is 0 Å². The maximum absolute atomic E-state index is 10.5. The van der Waals surface area contributed by atoms with Gasteiger partial charge >= 0.3 is 5.97 Å². The standard InChI is InChI=1S/C9H16N4O2S/c1-6(9(2,3)4)13-8(10-11-12-13)16-5-7(14)15/h6H,5H2,1-4H3,(H,14,15). The predicted octanol–water partition coefficient (Wildman–Crippen LogP) is 1.46. The number of tetrazole rings is 1. The van der Waals surface area contributed by atoms with Crippen LogP contribution in [0.2, 0.25) is 0 Å². The number of carbonyl (C=O) groups is 1. The third-order valence-electron chi connectivity index (χ3n) is 2.41. The lowest BCUT2D eigenvalue weighted by Crippen LogP contribution is -2.23. The Morgan fingerprint density at radius 1 is 1.56 bits per heavy atom. The third kappa shape index (κ3) is 3.19. The monoisotopic (exact) mass is 244 g/mol. The molecule has 16 heavy (non-hydrogen) atoms. The molecule has 90 valence electrons. The second-order valence-electron chi connectivity index (χ2n) is 4.63. The van der Waals surface area contributed by atoms with Gasteiger partial charge in [0.15, 0.2) is 0 Å². The lowest BCUT2D eigenvalue weighted by atomic mass is 9.88. The highest BCUT2D eigenvalue weighted by Gasteiger charge is 2.25. The molecule has 1 heterocycles. The van der Waals surface area contributed by atoms with Gasteiger partial charge < -0.3 is 5.11 Å². The SMILES string of the molecule is CC(n1nnnc1SCC(=O)O)C(C)(C)C. The fourth-order valence-corrected chi connectivity index (χ4v) is 1.69. The van der Waals surface area contributed by atoms with Gasteiger partial charge in [-0.05, 0) is 22.8 Å². The van der Waals surface area contributed by atoms with Gasteiger partial charge in [-0.15, -0.1) is 5.10 Å². The molecule has 1 rings (SSSR count). The molecule has 1 atom stereocenters. The smallest absolute Gasteiger partial charge is 0.313 e. The molecule has 0 aliphatic carbocycles. The van der Waals surface area contributed by atoms with Crippen LogP contribution in [0.4, 0.5) is 0 Å². The summed E-state index contributed by atoms with van der Waals surface area (Å²) in [5.41, 5.74) is 0.0217. The Balaban J connectivity index is 2.81. The highest BCUT2D eigenvalue weighted by atomic mass is 32.2. The Morgan fingerprint density at radius 2 is 2.19 bits per heavy atom. The van der Waals surface area contributed by atoms with Crippen LogP contribution in [-0.2, 0) is 4.79 Å². The van der Waals surface area contributed by atoms with Crippen LogP contribution in [0, 0.1) is 5.41 Å². The van der Waals surface area contributed by atoms with Crippen LogP contribution in [0.5, 0.6) is 0 Å². The zero-order chi connectivity index (χ0) is 12.3. The Morgan fingerprint density at radius 3 is 2.69 bits per heavy atom. The van der Waals surface area contributed by atoms with Gasteiger partial charge in [-0.25, -0.2) is 4.68 Å². The van der Waals surface area contributed by atoms with Gasteiger partial charge in [-0.3, -0.25) is 4.79 Å². The largest absolute Gasteiger partial charge is 0.481 e. The number of aromatic nitrogens is 4. The van der Waals surface area contributed by atoms with Gasteiger partial charge in [-0.2, -0.15) is 0 Å². The average molecular weight is 244 g/mol. The molecule has 0 aliphatic rings. The second kappa shape index (κ2) is 4.82. The molecular weight excluding hydrogens is 228 g/mol. The Hall–Kier alpha value is -1.11. The molecule has 0 radical (unpaired) electrons. The van der Waals surface area contributed by atoms with Crippen LogP contribution in [0.3, 0.4) is 0 Å². The number of thioether (sulfide) groups is 1. The summed E-state index contributed by atoms with van der Waals surface area (Å²) in [4.78, 5) is 10.5. The van der Waals surface area contributed by atoms with E-state index in [2.05, 4.69) is 36.3 Å². The third-order valence-corrected chi connectivity index (χ3v) is 3.33. The normalized spacial score (nSPS) is 13.8. The van der Waals surface area contributed by atoms with Crippen LogP contribution in [0.15, 0.2) is 5.16 Å². The summed E-state index contributed by atoms with van der Waals surface area (Å²) in [7, 11) is 0. The topological polar surface area (TPSA) is 80.9 Å². The maximum atomic E-state index is 10.5. The molecule has 0 bridgehead atoms. The summed E-state index contributed by atoms with van der Waals surface area (Å²) in [6.45, 7) is 8.28. The van der Waals surface area contributed by atoms with E-state index in [1.807, 2.05) is 6.92 Å². The van der Waals surface area contributed by atoms with E-state index in [1.165, 1.54) is 0 Å². The molecule has 0 spiro atoms. The van der Waals surface area contributed by atoms with E-state index in [0.717, 1.165) is 11.8 Å².